The molecular formula is C31H41N3O6. The molecule has 1 unspecified atom stereocenters. The van der Waals surface area contributed by atoms with Gasteiger partial charge in [0.25, 0.3) is 0 Å². The predicted molar refractivity (Wildman–Crippen MR) is 151 cm³/mol. The number of anilines is 1. The normalized spacial score (nSPS) is 29.4. The van der Waals surface area contributed by atoms with Crippen LogP contribution in [0, 0.1) is 11.8 Å². The Bertz CT molecular complexity index is 1150. The number of rotatable bonds is 11. The van der Waals surface area contributed by atoms with Gasteiger partial charge in [0.1, 0.15) is 17.4 Å². The molecule has 0 radical (unpaired) electrons. The Balaban J connectivity index is 1.50. The summed E-state index contributed by atoms with van der Waals surface area (Å²) < 4.78 is 12.3. The van der Waals surface area contributed by atoms with Gasteiger partial charge in [-0.2, -0.15) is 0 Å². The summed E-state index contributed by atoms with van der Waals surface area (Å²) in [7, 11) is 0. The molecule has 0 aliphatic carbocycles. The number of fused-ring (bicyclic) bond motifs is 2. The minimum Gasteiger partial charge on any atom is -0.494 e. The minimum absolute atomic E-state index is 0.0888. The average molecular weight is 552 g/mol. The van der Waals surface area contributed by atoms with Crippen LogP contribution in [0.25, 0.3) is 0 Å². The van der Waals surface area contributed by atoms with Crippen LogP contribution in [0.15, 0.2) is 48.6 Å². The van der Waals surface area contributed by atoms with Crippen LogP contribution in [0.5, 0.6) is 5.75 Å². The van der Waals surface area contributed by atoms with Crippen molar-refractivity contribution in [1.29, 1.82) is 0 Å². The maximum Gasteiger partial charge on any atom is 0.249 e. The van der Waals surface area contributed by atoms with Gasteiger partial charge < -0.3 is 29.3 Å². The number of unbranched alkanes of at least 4 members (excludes halogenated alkanes) is 3. The van der Waals surface area contributed by atoms with E-state index >= 15 is 0 Å². The molecule has 1 N–H and O–H groups in total. The SMILES string of the molecule is CCCCN1CC=C[C@]23O[C@H]4C=CCN(c5ccc(OCC)cc5)C(=O)[C@H]4[C@H]2C(=O)N(CCCCCO)C3C1=O. The van der Waals surface area contributed by atoms with Crippen molar-refractivity contribution in [3.05, 3.63) is 48.6 Å². The molecule has 1 aromatic carbocycles. The quantitative estimate of drug-likeness (QED) is 0.335. The van der Waals surface area contributed by atoms with Crippen LogP contribution in [-0.2, 0) is 19.1 Å². The first-order chi connectivity index (χ1) is 19.5. The Morgan fingerprint density at radius 3 is 2.48 bits per heavy atom. The third-order valence-electron chi connectivity index (χ3n) is 8.54. The van der Waals surface area contributed by atoms with Crippen LogP contribution in [0.2, 0.25) is 0 Å². The van der Waals surface area contributed by atoms with E-state index in [0.717, 1.165) is 30.7 Å². The molecule has 2 saturated heterocycles. The van der Waals surface area contributed by atoms with E-state index in [1.807, 2.05) is 60.4 Å². The number of carbonyl (C=O) groups excluding carboxylic acids is 3. The summed E-state index contributed by atoms with van der Waals surface area (Å²) in [6, 6.07) is 6.58. The van der Waals surface area contributed by atoms with Crippen LogP contribution < -0.4 is 9.64 Å². The van der Waals surface area contributed by atoms with Gasteiger partial charge in [0, 0.05) is 38.5 Å². The molecule has 0 bridgehead atoms. The van der Waals surface area contributed by atoms with Gasteiger partial charge in [0.15, 0.2) is 0 Å². The van der Waals surface area contributed by atoms with Crippen molar-refractivity contribution in [3.8, 4) is 5.75 Å². The van der Waals surface area contributed by atoms with Crippen LogP contribution in [0.1, 0.15) is 46.0 Å². The molecule has 0 aromatic heterocycles. The zero-order valence-electron chi connectivity index (χ0n) is 23.5. The lowest BCUT2D eigenvalue weighted by Gasteiger charge is -2.35. The first-order valence-corrected chi connectivity index (χ1v) is 14.7. The van der Waals surface area contributed by atoms with Crippen molar-refractivity contribution in [1.82, 2.24) is 9.80 Å². The summed E-state index contributed by atoms with van der Waals surface area (Å²) in [5.74, 6) is -1.32. The minimum atomic E-state index is -1.21. The smallest absolute Gasteiger partial charge is 0.249 e. The molecule has 2 fully saturated rings. The molecule has 216 valence electrons. The highest BCUT2D eigenvalue weighted by molar-refractivity contribution is 6.03. The fourth-order valence-electron chi connectivity index (χ4n) is 6.67. The van der Waals surface area contributed by atoms with Crippen LogP contribution in [0.4, 0.5) is 5.69 Å². The Morgan fingerprint density at radius 2 is 1.75 bits per heavy atom. The predicted octanol–water partition coefficient (Wildman–Crippen LogP) is 2.93. The first kappa shape index (κ1) is 28.4. The average Bonchev–Trinajstić information content (AvgIpc) is 3.26. The third-order valence-corrected chi connectivity index (χ3v) is 8.54. The molecule has 40 heavy (non-hydrogen) atoms. The van der Waals surface area contributed by atoms with Gasteiger partial charge in [-0.05, 0) is 56.9 Å². The van der Waals surface area contributed by atoms with E-state index in [1.54, 1.807) is 9.80 Å². The zero-order chi connectivity index (χ0) is 28.3. The number of aliphatic hydroxyl groups is 1. The van der Waals surface area contributed by atoms with E-state index < -0.39 is 29.6 Å². The van der Waals surface area contributed by atoms with E-state index in [1.165, 1.54) is 0 Å². The second kappa shape index (κ2) is 12.1. The van der Waals surface area contributed by atoms with E-state index in [0.29, 0.717) is 45.6 Å². The third kappa shape index (κ3) is 4.94. The fourth-order valence-corrected chi connectivity index (χ4v) is 6.67. The second-order valence-electron chi connectivity index (χ2n) is 11.0. The molecule has 9 nitrogen and oxygen atoms in total. The second-order valence-corrected chi connectivity index (χ2v) is 11.0. The summed E-state index contributed by atoms with van der Waals surface area (Å²) >= 11 is 0. The molecule has 5 atom stereocenters. The molecule has 9 heteroatoms. The molecule has 5 rings (SSSR count). The van der Waals surface area contributed by atoms with Gasteiger partial charge in [-0.3, -0.25) is 14.4 Å². The number of likely N-dealkylation sites (tertiary alicyclic amines) is 1. The van der Waals surface area contributed by atoms with Crippen molar-refractivity contribution in [3.63, 3.8) is 0 Å². The van der Waals surface area contributed by atoms with Crippen molar-refractivity contribution in [2.45, 2.75) is 63.7 Å². The summed E-state index contributed by atoms with van der Waals surface area (Å²) in [5.41, 5.74) is -0.482. The molecule has 3 amide bonds. The van der Waals surface area contributed by atoms with Crippen LogP contribution in [0.3, 0.4) is 0 Å². The highest BCUT2D eigenvalue weighted by Crippen LogP contribution is 2.53. The number of aliphatic hydroxyl groups excluding tert-OH is 1. The van der Waals surface area contributed by atoms with Gasteiger partial charge in [0.2, 0.25) is 17.7 Å². The standard InChI is InChI=1S/C31H41N3O6/c1-3-5-17-32-18-10-16-31-26(29(37)34(27(31)30(32)38)19-7-6-8-21-35)25-24(40-31)11-9-20-33(28(25)36)22-12-14-23(15-13-22)39-4-2/h9-16,24-27,35H,3-8,17-21H2,1-2H3/t24-,25+,26-,27?,31-/m0/s1. The van der Waals surface area contributed by atoms with E-state index in [4.69, 9.17) is 9.47 Å². The van der Waals surface area contributed by atoms with Gasteiger partial charge in [-0.25, -0.2) is 0 Å². The zero-order valence-corrected chi connectivity index (χ0v) is 23.5. The topological polar surface area (TPSA) is 99.6 Å². The van der Waals surface area contributed by atoms with Crippen LogP contribution >= 0.6 is 0 Å². The lowest BCUT2D eigenvalue weighted by molar-refractivity contribution is -0.147. The molecule has 1 spiro atoms. The van der Waals surface area contributed by atoms with E-state index in [2.05, 4.69) is 6.92 Å². The monoisotopic (exact) mass is 551 g/mol. The van der Waals surface area contributed by atoms with Crippen molar-refractivity contribution in [2.24, 2.45) is 11.8 Å². The first-order valence-electron chi connectivity index (χ1n) is 14.7. The lowest BCUT2D eigenvalue weighted by atomic mass is 9.77. The van der Waals surface area contributed by atoms with Gasteiger partial charge in [0.05, 0.1) is 24.5 Å². The molecule has 4 aliphatic heterocycles. The molecule has 4 heterocycles. The fraction of sp³-hybridized carbons (Fsp3) is 0.581. The van der Waals surface area contributed by atoms with E-state index in [-0.39, 0.29) is 24.3 Å². The maximum atomic E-state index is 14.2. The highest BCUT2D eigenvalue weighted by atomic mass is 16.5. The van der Waals surface area contributed by atoms with Gasteiger partial charge >= 0.3 is 0 Å². The summed E-state index contributed by atoms with van der Waals surface area (Å²) in [6.07, 6.45) is 10.9. The number of hydrogen-bond acceptors (Lipinski definition) is 6. The molecule has 4 aliphatic rings. The number of amides is 3. The Kier molecular flexibility index (Phi) is 8.61. The lowest BCUT2D eigenvalue weighted by Crippen LogP contribution is -2.55. The van der Waals surface area contributed by atoms with E-state index in [9.17, 15) is 19.5 Å². The van der Waals surface area contributed by atoms with Crippen molar-refractivity contribution >= 4 is 23.4 Å². The highest BCUT2D eigenvalue weighted by Gasteiger charge is 2.71. The summed E-state index contributed by atoms with van der Waals surface area (Å²) in [6.45, 7) is 6.47. The molecule has 0 saturated carbocycles. The number of benzene rings is 1. The van der Waals surface area contributed by atoms with Crippen molar-refractivity contribution in [2.75, 3.05) is 44.3 Å². The number of ether oxygens (including phenoxy) is 2. The van der Waals surface area contributed by atoms with Gasteiger partial charge in [-0.15, -0.1) is 0 Å². The summed E-state index contributed by atoms with van der Waals surface area (Å²) in [5, 5.41) is 9.24. The van der Waals surface area contributed by atoms with Crippen molar-refractivity contribution < 1.29 is 29.0 Å². The largest absolute Gasteiger partial charge is 0.494 e. The Hall–Kier alpha value is -3.17. The Morgan fingerprint density at radius 1 is 0.950 bits per heavy atom. The number of carbonyl (C=O) groups is 3. The van der Waals surface area contributed by atoms with Gasteiger partial charge in [-0.1, -0.05) is 37.6 Å². The Labute approximate surface area is 236 Å². The molecule has 1 aromatic rings. The maximum absolute atomic E-state index is 14.2. The number of nitrogens with zero attached hydrogens (tertiary/aromatic N) is 3. The van der Waals surface area contributed by atoms with Crippen LogP contribution in [-0.4, -0.2) is 89.8 Å². The summed E-state index contributed by atoms with van der Waals surface area (Å²) in [4.78, 5) is 47.7. The molecular weight excluding hydrogens is 510 g/mol. The number of hydrogen-bond donors (Lipinski definition) is 1.